The van der Waals surface area contributed by atoms with Gasteiger partial charge in [0.2, 0.25) is 0 Å². The average Bonchev–Trinajstić information content (AvgIpc) is 2.59. The fourth-order valence-electron chi connectivity index (χ4n) is 1.78. The van der Waals surface area contributed by atoms with E-state index in [9.17, 15) is 14.4 Å². The van der Waals surface area contributed by atoms with Gasteiger partial charge in [-0.15, -0.1) is 6.58 Å². The van der Waals surface area contributed by atoms with Crippen molar-refractivity contribution in [2.24, 2.45) is 0 Å². The van der Waals surface area contributed by atoms with Crippen LogP contribution in [0.3, 0.4) is 0 Å². The molecule has 19 heavy (non-hydrogen) atoms. The Morgan fingerprint density at radius 3 is 2.37 bits per heavy atom. The molecule has 2 rings (SSSR count). The summed E-state index contributed by atoms with van der Waals surface area (Å²) in [6.07, 6.45) is 1.41. The van der Waals surface area contributed by atoms with Crippen molar-refractivity contribution in [2.45, 2.75) is 6.54 Å². The van der Waals surface area contributed by atoms with Crippen molar-refractivity contribution >= 4 is 33.8 Å². The maximum Gasteiger partial charge on any atom is 0.334 e. The molecule has 1 heterocycles. The fourth-order valence-corrected chi connectivity index (χ4v) is 2.19. The van der Waals surface area contributed by atoms with E-state index >= 15 is 0 Å². The van der Waals surface area contributed by atoms with Crippen LogP contribution in [-0.4, -0.2) is 34.2 Å². The quantitative estimate of drug-likeness (QED) is 0.483. The summed E-state index contributed by atoms with van der Waals surface area (Å²) in [4.78, 5) is 37.2. The summed E-state index contributed by atoms with van der Waals surface area (Å²) >= 11 is 3.34. The van der Waals surface area contributed by atoms with Gasteiger partial charge in [0.15, 0.2) is 0 Å². The van der Waals surface area contributed by atoms with Crippen LogP contribution in [0.15, 0.2) is 41.4 Å². The third-order valence-electron chi connectivity index (χ3n) is 2.73. The fraction of sp³-hybridized carbons (Fsp3) is 0.154. The lowest BCUT2D eigenvalue weighted by Gasteiger charge is -2.15. The highest BCUT2D eigenvalue weighted by Gasteiger charge is 2.43. The van der Waals surface area contributed by atoms with Crippen molar-refractivity contribution in [1.82, 2.24) is 9.80 Å². The van der Waals surface area contributed by atoms with Crippen LogP contribution >= 0.6 is 15.9 Å². The second-order valence-electron chi connectivity index (χ2n) is 3.97. The number of halogens is 1. The van der Waals surface area contributed by atoms with E-state index in [0.717, 1.165) is 19.8 Å². The van der Waals surface area contributed by atoms with E-state index in [4.69, 9.17) is 0 Å². The highest BCUT2D eigenvalue weighted by atomic mass is 79.9. The summed E-state index contributed by atoms with van der Waals surface area (Å²) in [7, 11) is 0. The molecule has 0 aliphatic carbocycles. The minimum atomic E-state index is -0.808. The maximum absolute atomic E-state index is 12.0. The molecule has 0 unspecified atom stereocenters. The lowest BCUT2D eigenvalue weighted by Crippen LogP contribution is -2.33. The molecule has 0 radical (unpaired) electrons. The highest BCUT2D eigenvalue weighted by molar-refractivity contribution is 9.10. The van der Waals surface area contributed by atoms with Gasteiger partial charge in [-0.05, 0) is 11.6 Å². The van der Waals surface area contributed by atoms with Gasteiger partial charge in [-0.1, -0.05) is 40.2 Å². The molecule has 0 bridgehead atoms. The number of carbonyl (C=O) groups is 3. The van der Waals surface area contributed by atoms with Crippen LogP contribution in [0.25, 0.3) is 0 Å². The molecule has 0 atom stereocenters. The molecule has 0 saturated carbocycles. The average molecular weight is 323 g/mol. The molecule has 1 aliphatic rings. The lowest BCUT2D eigenvalue weighted by atomic mass is 10.2. The molecule has 1 saturated heterocycles. The number of urea groups is 1. The second-order valence-corrected chi connectivity index (χ2v) is 4.82. The van der Waals surface area contributed by atoms with Crippen molar-refractivity contribution in [1.29, 1.82) is 0 Å². The third-order valence-corrected chi connectivity index (χ3v) is 3.51. The Kier molecular flexibility index (Phi) is 3.80. The van der Waals surface area contributed by atoms with Crippen molar-refractivity contribution in [2.75, 3.05) is 6.54 Å². The van der Waals surface area contributed by atoms with Gasteiger partial charge >= 0.3 is 17.8 Å². The summed E-state index contributed by atoms with van der Waals surface area (Å²) in [6, 6.07) is 6.62. The predicted molar refractivity (Wildman–Crippen MR) is 72.0 cm³/mol. The SMILES string of the molecule is C=CCN1C(=O)C(=O)N(Cc2ccccc2Br)C1=O. The van der Waals surface area contributed by atoms with E-state index in [1.807, 2.05) is 12.1 Å². The molecule has 6 heteroatoms. The largest absolute Gasteiger partial charge is 0.334 e. The van der Waals surface area contributed by atoms with Crippen molar-refractivity contribution < 1.29 is 14.4 Å². The van der Waals surface area contributed by atoms with E-state index in [0.29, 0.717) is 0 Å². The molecule has 0 spiro atoms. The molecule has 0 aromatic heterocycles. The smallest absolute Gasteiger partial charge is 0.263 e. The Bertz CT molecular complexity index is 571. The first-order valence-corrected chi connectivity index (χ1v) is 6.37. The number of amides is 4. The molecule has 98 valence electrons. The minimum absolute atomic E-state index is 0.0376. The van der Waals surface area contributed by atoms with Gasteiger partial charge in [0.1, 0.15) is 0 Å². The van der Waals surface area contributed by atoms with Crippen LogP contribution in [0.4, 0.5) is 4.79 Å². The first-order valence-electron chi connectivity index (χ1n) is 5.58. The predicted octanol–water partition coefficient (Wildman–Crippen LogP) is 1.93. The molecule has 1 aliphatic heterocycles. The summed E-state index contributed by atoms with van der Waals surface area (Å²) in [6.45, 7) is 3.56. The molecular weight excluding hydrogens is 312 g/mol. The molecule has 4 amide bonds. The second kappa shape index (κ2) is 5.36. The van der Waals surface area contributed by atoms with Crippen LogP contribution in [-0.2, 0) is 16.1 Å². The van der Waals surface area contributed by atoms with Crippen LogP contribution < -0.4 is 0 Å². The van der Waals surface area contributed by atoms with Crippen molar-refractivity contribution in [3.8, 4) is 0 Å². The van der Waals surface area contributed by atoms with Gasteiger partial charge < -0.3 is 0 Å². The number of hydrogen-bond acceptors (Lipinski definition) is 3. The molecular formula is C13H11BrN2O3. The van der Waals surface area contributed by atoms with Crippen molar-refractivity contribution in [3.63, 3.8) is 0 Å². The zero-order chi connectivity index (χ0) is 14.0. The monoisotopic (exact) mass is 322 g/mol. The van der Waals surface area contributed by atoms with Gasteiger partial charge in [0.25, 0.3) is 0 Å². The minimum Gasteiger partial charge on any atom is -0.263 e. The van der Waals surface area contributed by atoms with E-state index in [1.165, 1.54) is 6.08 Å². The molecule has 1 aromatic rings. The van der Waals surface area contributed by atoms with Gasteiger partial charge in [-0.3, -0.25) is 19.4 Å². The first kappa shape index (κ1) is 13.5. The zero-order valence-electron chi connectivity index (χ0n) is 10.0. The van der Waals surface area contributed by atoms with E-state index in [-0.39, 0.29) is 13.1 Å². The first-order chi connectivity index (χ1) is 9.06. The van der Waals surface area contributed by atoms with E-state index in [2.05, 4.69) is 22.5 Å². The number of hydrogen-bond donors (Lipinski definition) is 0. The molecule has 5 nitrogen and oxygen atoms in total. The van der Waals surface area contributed by atoms with E-state index in [1.54, 1.807) is 12.1 Å². The standard InChI is InChI=1S/C13H11BrN2O3/c1-2-7-15-11(17)12(18)16(13(15)19)8-9-5-3-4-6-10(9)14/h2-6H,1,7-8H2. The topological polar surface area (TPSA) is 57.7 Å². The summed E-state index contributed by atoms with van der Waals surface area (Å²) < 4.78 is 0.783. The van der Waals surface area contributed by atoms with E-state index < -0.39 is 17.8 Å². The number of carbonyl (C=O) groups excluding carboxylic acids is 3. The molecule has 0 N–H and O–H groups in total. The molecule has 1 fully saturated rings. The summed E-state index contributed by atoms with van der Waals surface area (Å²) in [5, 5.41) is 0. The van der Waals surface area contributed by atoms with Crippen LogP contribution in [0.2, 0.25) is 0 Å². The van der Waals surface area contributed by atoms with Gasteiger partial charge in [0.05, 0.1) is 6.54 Å². The molecule has 1 aromatic carbocycles. The Balaban J connectivity index is 2.24. The number of imide groups is 2. The van der Waals surface area contributed by atoms with Gasteiger partial charge in [-0.25, -0.2) is 4.79 Å². The highest BCUT2D eigenvalue weighted by Crippen LogP contribution is 2.21. The Labute approximate surface area is 118 Å². The Hall–Kier alpha value is -1.95. The normalized spacial score (nSPS) is 15.3. The van der Waals surface area contributed by atoms with Crippen LogP contribution in [0.5, 0.6) is 0 Å². The number of rotatable bonds is 4. The summed E-state index contributed by atoms with van der Waals surface area (Å²) in [5.74, 6) is -1.61. The third kappa shape index (κ3) is 2.44. The Morgan fingerprint density at radius 2 is 1.74 bits per heavy atom. The Morgan fingerprint density at radius 1 is 1.11 bits per heavy atom. The zero-order valence-corrected chi connectivity index (χ0v) is 11.6. The lowest BCUT2D eigenvalue weighted by molar-refractivity contribution is -0.143. The summed E-state index contributed by atoms with van der Waals surface area (Å²) in [5.41, 5.74) is 0.762. The van der Waals surface area contributed by atoms with Crippen LogP contribution in [0.1, 0.15) is 5.56 Å². The van der Waals surface area contributed by atoms with Gasteiger partial charge in [-0.2, -0.15) is 0 Å². The van der Waals surface area contributed by atoms with Crippen LogP contribution in [0, 0.1) is 0 Å². The van der Waals surface area contributed by atoms with Crippen molar-refractivity contribution in [3.05, 3.63) is 47.0 Å². The maximum atomic E-state index is 12.0. The number of benzene rings is 1. The number of nitrogens with zero attached hydrogens (tertiary/aromatic N) is 2. The van der Waals surface area contributed by atoms with Gasteiger partial charge in [0, 0.05) is 11.0 Å².